The van der Waals surface area contributed by atoms with E-state index >= 15 is 0 Å². The van der Waals surface area contributed by atoms with Gasteiger partial charge in [-0.1, -0.05) is 0 Å². The highest BCUT2D eigenvalue weighted by atomic mass is 16.1. The third kappa shape index (κ3) is 2.55. The van der Waals surface area contributed by atoms with E-state index in [4.69, 9.17) is 11.5 Å². The summed E-state index contributed by atoms with van der Waals surface area (Å²) >= 11 is 0. The lowest BCUT2D eigenvalue weighted by Crippen LogP contribution is -2.30. The van der Waals surface area contributed by atoms with Gasteiger partial charge in [-0.2, -0.15) is 0 Å². The molecule has 2 unspecified atom stereocenters. The Morgan fingerprint density at radius 1 is 1.59 bits per heavy atom. The van der Waals surface area contributed by atoms with Crippen molar-refractivity contribution in [3.8, 4) is 0 Å². The van der Waals surface area contributed by atoms with Gasteiger partial charge in [0.25, 0.3) is 0 Å². The summed E-state index contributed by atoms with van der Waals surface area (Å²) in [6.07, 6.45) is 2.62. The van der Waals surface area contributed by atoms with Gasteiger partial charge in [-0.05, 0) is 31.4 Å². The molecule has 1 amide bonds. The number of hydrogen-bond acceptors (Lipinski definition) is 4. The maximum atomic E-state index is 10.9. The summed E-state index contributed by atoms with van der Waals surface area (Å²) in [4.78, 5) is 17.4. The number of anilines is 1. The van der Waals surface area contributed by atoms with E-state index in [-0.39, 0.29) is 6.04 Å². The maximum absolute atomic E-state index is 10.9. The normalized spacial score (nSPS) is 21.5. The lowest BCUT2D eigenvalue weighted by Gasteiger charge is -2.18. The molecule has 2 rings (SSSR count). The molecule has 1 aromatic rings. The quantitative estimate of drug-likeness (QED) is 0.790. The van der Waals surface area contributed by atoms with Gasteiger partial charge in [0, 0.05) is 25.3 Å². The molecule has 2 heterocycles. The molecule has 0 spiro atoms. The maximum Gasteiger partial charge on any atom is 0.250 e. The predicted octanol–water partition coefficient (Wildman–Crippen LogP) is 0.354. The first-order chi connectivity index (χ1) is 8.08. The summed E-state index contributed by atoms with van der Waals surface area (Å²) in [5.74, 6) is 0.963. The van der Waals surface area contributed by atoms with Crippen LogP contribution >= 0.6 is 0 Å². The fourth-order valence-corrected chi connectivity index (χ4v) is 2.14. The first-order valence-electron chi connectivity index (χ1n) is 5.84. The lowest BCUT2D eigenvalue weighted by molar-refractivity contribution is 0.1000. The van der Waals surface area contributed by atoms with Gasteiger partial charge >= 0.3 is 0 Å². The Morgan fingerprint density at radius 3 is 2.82 bits per heavy atom. The van der Waals surface area contributed by atoms with E-state index in [1.54, 1.807) is 6.07 Å². The second kappa shape index (κ2) is 4.71. The summed E-state index contributed by atoms with van der Waals surface area (Å²) < 4.78 is 0. The average Bonchev–Trinajstić information content (AvgIpc) is 2.78. The Morgan fingerprint density at radius 2 is 2.35 bits per heavy atom. The minimum atomic E-state index is -0.445. The Bertz CT molecular complexity index is 401. The topological polar surface area (TPSA) is 85.2 Å². The third-order valence-electron chi connectivity index (χ3n) is 3.32. The molecular weight excluding hydrogens is 216 g/mol. The first-order valence-corrected chi connectivity index (χ1v) is 5.84. The van der Waals surface area contributed by atoms with E-state index in [9.17, 15) is 4.79 Å². The van der Waals surface area contributed by atoms with Crippen LogP contribution < -0.4 is 16.4 Å². The zero-order valence-corrected chi connectivity index (χ0v) is 9.97. The number of primary amides is 1. The van der Waals surface area contributed by atoms with E-state index < -0.39 is 5.91 Å². The Kier molecular flexibility index (Phi) is 3.28. The SMILES string of the molecule is CC(N)C1CCN(c2ccc(C(N)=O)cn2)C1. The molecule has 0 saturated carbocycles. The van der Waals surface area contributed by atoms with Gasteiger partial charge in [0.05, 0.1) is 5.56 Å². The van der Waals surface area contributed by atoms with Crippen molar-refractivity contribution in [2.75, 3.05) is 18.0 Å². The molecule has 1 aromatic heterocycles. The van der Waals surface area contributed by atoms with Crippen LogP contribution in [0.1, 0.15) is 23.7 Å². The zero-order valence-electron chi connectivity index (χ0n) is 9.97. The number of carbonyl (C=O) groups excluding carboxylic acids is 1. The van der Waals surface area contributed by atoms with Crippen molar-refractivity contribution in [1.82, 2.24) is 4.98 Å². The summed E-state index contributed by atoms with van der Waals surface area (Å²) in [5, 5.41) is 0. The standard InChI is InChI=1S/C12H18N4O/c1-8(13)10-4-5-16(7-10)11-3-2-9(6-15-11)12(14)17/h2-3,6,8,10H,4-5,7,13H2,1H3,(H2,14,17). The van der Waals surface area contributed by atoms with Gasteiger partial charge in [-0.15, -0.1) is 0 Å². The number of hydrogen-bond donors (Lipinski definition) is 2. The molecule has 1 fully saturated rings. The number of amides is 1. The third-order valence-corrected chi connectivity index (χ3v) is 3.32. The fraction of sp³-hybridized carbons (Fsp3) is 0.500. The van der Waals surface area contributed by atoms with Crippen LogP contribution in [0.2, 0.25) is 0 Å². The molecule has 4 N–H and O–H groups in total. The minimum absolute atomic E-state index is 0.213. The number of pyridine rings is 1. The van der Waals surface area contributed by atoms with E-state index in [1.807, 2.05) is 13.0 Å². The minimum Gasteiger partial charge on any atom is -0.366 e. The molecular formula is C12H18N4O. The highest BCUT2D eigenvalue weighted by Crippen LogP contribution is 2.23. The molecule has 1 saturated heterocycles. The Balaban J connectivity index is 2.06. The van der Waals surface area contributed by atoms with Crippen LogP contribution in [0.4, 0.5) is 5.82 Å². The number of aromatic nitrogens is 1. The van der Waals surface area contributed by atoms with Gasteiger partial charge in [0.15, 0.2) is 0 Å². The average molecular weight is 234 g/mol. The second-order valence-corrected chi connectivity index (χ2v) is 4.62. The van der Waals surface area contributed by atoms with Crippen LogP contribution in [0.25, 0.3) is 0 Å². The molecule has 92 valence electrons. The number of rotatable bonds is 3. The fourth-order valence-electron chi connectivity index (χ4n) is 2.14. The van der Waals surface area contributed by atoms with Gasteiger partial charge in [0.1, 0.15) is 5.82 Å². The monoisotopic (exact) mass is 234 g/mol. The van der Waals surface area contributed by atoms with Crippen molar-refractivity contribution >= 4 is 11.7 Å². The number of carbonyl (C=O) groups is 1. The Labute approximate surface area is 101 Å². The highest BCUT2D eigenvalue weighted by molar-refractivity contribution is 5.92. The molecule has 1 aliphatic heterocycles. The van der Waals surface area contributed by atoms with Crippen LogP contribution in [0.3, 0.4) is 0 Å². The summed E-state index contributed by atoms with van der Waals surface area (Å²) in [7, 11) is 0. The lowest BCUT2D eigenvalue weighted by atomic mass is 10.0. The molecule has 1 aliphatic rings. The van der Waals surface area contributed by atoms with E-state index in [0.29, 0.717) is 11.5 Å². The van der Waals surface area contributed by atoms with Gasteiger partial charge in [-0.25, -0.2) is 4.98 Å². The van der Waals surface area contributed by atoms with Crippen molar-refractivity contribution in [3.05, 3.63) is 23.9 Å². The largest absolute Gasteiger partial charge is 0.366 e. The molecule has 0 aromatic carbocycles. The van der Waals surface area contributed by atoms with Crippen molar-refractivity contribution in [3.63, 3.8) is 0 Å². The van der Waals surface area contributed by atoms with Crippen LogP contribution in [0.5, 0.6) is 0 Å². The molecule has 17 heavy (non-hydrogen) atoms. The number of nitrogens with two attached hydrogens (primary N) is 2. The molecule has 0 bridgehead atoms. The van der Waals surface area contributed by atoms with Crippen LogP contribution in [-0.4, -0.2) is 30.0 Å². The highest BCUT2D eigenvalue weighted by Gasteiger charge is 2.25. The van der Waals surface area contributed by atoms with Crippen LogP contribution in [0, 0.1) is 5.92 Å². The van der Waals surface area contributed by atoms with Crippen molar-refractivity contribution < 1.29 is 4.79 Å². The van der Waals surface area contributed by atoms with Crippen LogP contribution in [-0.2, 0) is 0 Å². The molecule has 0 aliphatic carbocycles. The molecule has 0 radical (unpaired) electrons. The predicted molar refractivity (Wildman–Crippen MR) is 66.7 cm³/mol. The van der Waals surface area contributed by atoms with Crippen molar-refractivity contribution in [1.29, 1.82) is 0 Å². The van der Waals surface area contributed by atoms with Gasteiger partial charge in [0.2, 0.25) is 5.91 Å². The smallest absolute Gasteiger partial charge is 0.250 e. The van der Waals surface area contributed by atoms with Crippen molar-refractivity contribution in [2.45, 2.75) is 19.4 Å². The second-order valence-electron chi connectivity index (χ2n) is 4.62. The van der Waals surface area contributed by atoms with Crippen molar-refractivity contribution in [2.24, 2.45) is 17.4 Å². The van der Waals surface area contributed by atoms with Crippen LogP contribution in [0.15, 0.2) is 18.3 Å². The molecule has 2 atom stereocenters. The van der Waals surface area contributed by atoms with E-state index in [0.717, 1.165) is 25.3 Å². The number of nitrogens with zero attached hydrogens (tertiary/aromatic N) is 2. The Hall–Kier alpha value is -1.62. The molecule has 5 heteroatoms. The van der Waals surface area contributed by atoms with E-state index in [2.05, 4.69) is 9.88 Å². The van der Waals surface area contributed by atoms with Gasteiger partial charge < -0.3 is 16.4 Å². The van der Waals surface area contributed by atoms with Gasteiger partial charge in [-0.3, -0.25) is 4.79 Å². The zero-order chi connectivity index (χ0) is 12.4. The summed E-state index contributed by atoms with van der Waals surface area (Å²) in [5.41, 5.74) is 11.5. The van der Waals surface area contributed by atoms with E-state index in [1.165, 1.54) is 6.20 Å². The molecule has 5 nitrogen and oxygen atoms in total. The first kappa shape index (κ1) is 11.9. The summed E-state index contributed by atoms with van der Waals surface area (Å²) in [6.45, 7) is 3.94. The summed E-state index contributed by atoms with van der Waals surface area (Å²) in [6, 6.07) is 3.76.